The largest absolute Gasteiger partial charge is 0.354 e. The number of alkyl halides is 1. The fourth-order valence-corrected chi connectivity index (χ4v) is 3.03. The maximum atomic E-state index is 11.3. The Morgan fingerprint density at radius 1 is 1.60 bits per heavy atom. The molecule has 1 N–H and O–H groups in total. The van der Waals surface area contributed by atoms with E-state index in [4.69, 9.17) is 11.6 Å². The number of fused-ring (bicyclic) bond motifs is 1. The van der Waals surface area contributed by atoms with E-state index in [1.807, 2.05) is 13.0 Å². The Hall–Kier alpha value is -1.14. The minimum atomic E-state index is -0.208. The Kier molecular flexibility index (Phi) is 3.69. The Morgan fingerprint density at radius 3 is 3.05 bits per heavy atom. The van der Waals surface area contributed by atoms with E-state index in [-0.39, 0.29) is 17.3 Å². The molecule has 5 nitrogen and oxygen atoms in total. The lowest BCUT2D eigenvalue weighted by Gasteiger charge is -2.26. The molecule has 0 aliphatic carbocycles. The average molecular weight is 358 g/mol. The molecule has 2 unspecified atom stereocenters. The molecule has 3 heterocycles. The van der Waals surface area contributed by atoms with Crippen LogP contribution in [0, 0.1) is 0 Å². The standard InChI is InChI=1S/C13H14BrClN4O/c1-7(15)12-18-10-4-8(14)5-17-13(10)19(12)9-2-3-11(20)16-6-9/h4-5,7,9H,2-3,6H2,1H3,(H,16,20). The van der Waals surface area contributed by atoms with Crippen LogP contribution in [0.5, 0.6) is 0 Å². The maximum Gasteiger partial charge on any atom is 0.220 e. The minimum absolute atomic E-state index is 0.0989. The number of halogens is 2. The van der Waals surface area contributed by atoms with Gasteiger partial charge in [0.15, 0.2) is 5.65 Å². The van der Waals surface area contributed by atoms with Crippen LogP contribution in [0.15, 0.2) is 16.7 Å². The summed E-state index contributed by atoms with van der Waals surface area (Å²) in [4.78, 5) is 20.4. The molecular formula is C13H14BrClN4O. The number of carbonyl (C=O) groups excluding carboxylic acids is 1. The fraction of sp³-hybridized carbons (Fsp3) is 0.462. The number of rotatable bonds is 2. The molecule has 0 saturated carbocycles. The van der Waals surface area contributed by atoms with Crippen molar-refractivity contribution in [2.45, 2.75) is 31.2 Å². The summed E-state index contributed by atoms with van der Waals surface area (Å²) in [6.07, 6.45) is 3.06. The highest BCUT2D eigenvalue weighted by molar-refractivity contribution is 9.10. The van der Waals surface area contributed by atoms with E-state index in [9.17, 15) is 4.79 Å². The number of nitrogens with zero attached hydrogens (tertiary/aromatic N) is 3. The average Bonchev–Trinajstić information content (AvgIpc) is 2.78. The number of nitrogens with one attached hydrogen (secondary N) is 1. The molecule has 1 aliphatic heterocycles. The predicted octanol–water partition coefficient (Wildman–Crippen LogP) is 2.94. The summed E-state index contributed by atoms with van der Waals surface area (Å²) < 4.78 is 2.96. The van der Waals surface area contributed by atoms with Crippen LogP contribution in [0.25, 0.3) is 11.2 Å². The van der Waals surface area contributed by atoms with Crippen molar-refractivity contribution in [2.75, 3.05) is 6.54 Å². The lowest BCUT2D eigenvalue weighted by Crippen LogP contribution is -2.36. The van der Waals surface area contributed by atoms with Gasteiger partial charge in [0.05, 0.1) is 11.4 Å². The molecule has 2 aromatic heterocycles. The summed E-state index contributed by atoms with van der Waals surface area (Å²) in [5.41, 5.74) is 1.63. The minimum Gasteiger partial charge on any atom is -0.354 e. The van der Waals surface area contributed by atoms with Gasteiger partial charge in [0.1, 0.15) is 11.3 Å². The van der Waals surface area contributed by atoms with Crippen molar-refractivity contribution in [3.05, 3.63) is 22.6 Å². The van der Waals surface area contributed by atoms with Gasteiger partial charge in [-0.3, -0.25) is 4.79 Å². The first kappa shape index (κ1) is 13.8. The summed E-state index contributed by atoms with van der Waals surface area (Å²) in [7, 11) is 0. The monoisotopic (exact) mass is 356 g/mol. The second kappa shape index (κ2) is 5.33. The van der Waals surface area contributed by atoms with E-state index in [1.54, 1.807) is 6.20 Å². The zero-order chi connectivity index (χ0) is 14.3. The number of hydrogen-bond donors (Lipinski definition) is 1. The van der Waals surface area contributed by atoms with Crippen molar-refractivity contribution in [2.24, 2.45) is 0 Å². The van der Waals surface area contributed by atoms with E-state index in [0.717, 1.165) is 27.9 Å². The molecule has 1 aliphatic rings. The quantitative estimate of drug-likeness (QED) is 0.841. The smallest absolute Gasteiger partial charge is 0.220 e. The van der Waals surface area contributed by atoms with Crippen molar-refractivity contribution in [3.8, 4) is 0 Å². The van der Waals surface area contributed by atoms with Gasteiger partial charge in [-0.2, -0.15) is 0 Å². The number of pyridine rings is 1. The van der Waals surface area contributed by atoms with E-state index in [2.05, 4.69) is 35.8 Å². The molecule has 0 aromatic carbocycles. The van der Waals surface area contributed by atoms with Crippen LogP contribution in [0.4, 0.5) is 0 Å². The van der Waals surface area contributed by atoms with Crippen molar-refractivity contribution in [1.82, 2.24) is 19.9 Å². The number of hydrogen-bond acceptors (Lipinski definition) is 3. The second-order valence-corrected chi connectivity index (χ2v) is 6.52. The van der Waals surface area contributed by atoms with Gasteiger partial charge in [-0.25, -0.2) is 9.97 Å². The number of piperidine rings is 1. The molecule has 0 bridgehead atoms. The fourth-order valence-electron chi connectivity index (χ4n) is 2.56. The third-order valence-corrected chi connectivity index (χ3v) is 4.11. The molecule has 0 spiro atoms. The Morgan fingerprint density at radius 2 is 2.40 bits per heavy atom. The van der Waals surface area contributed by atoms with Crippen LogP contribution < -0.4 is 5.32 Å². The first-order valence-electron chi connectivity index (χ1n) is 6.50. The van der Waals surface area contributed by atoms with E-state index in [1.165, 1.54) is 0 Å². The van der Waals surface area contributed by atoms with Crippen LogP contribution in [0.2, 0.25) is 0 Å². The number of amides is 1. The highest BCUT2D eigenvalue weighted by Crippen LogP contribution is 2.30. The molecule has 7 heteroatoms. The molecule has 106 valence electrons. The van der Waals surface area contributed by atoms with E-state index in [0.29, 0.717) is 13.0 Å². The number of aromatic nitrogens is 3. The summed E-state index contributed by atoms with van der Waals surface area (Å²) in [5, 5.41) is 2.69. The molecule has 1 fully saturated rings. The Bertz CT molecular complexity index is 660. The van der Waals surface area contributed by atoms with Crippen molar-refractivity contribution >= 4 is 44.6 Å². The van der Waals surface area contributed by atoms with E-state index >= 15 is 0 Å². The second-order valence-electron chi connectivity index (χ2n) is 4.95. The molecular weight excluding hydrogens is 344 g/mol. The van der Waals surface area contributed by atoms with Crippen LogP contribution >= 0.6 is 27.5 Å². The van der Waals surface area contributed by atoms with Gasteiger partial charge in [-0.15, -0.1) is 11.6 Å². The lowest BCUT2D eigenvalue weighted by atomic mass is 10.1. The SMILES string of the molecule is CC(Cl)c1nc2cc(Br)cnc2n1C1CCC(=O)NC1. The van der Waals surface area contributed by atoms with Gasteiger partial charge in [-0.1, -0.05) is 0 Å². The van der Waals surface area contributed by atoms with Gasteiger partial charge >= 0.3 is 0 Å². The normalized spacial score (nSPS) is 20.9. The van der Waals surface area contributed by atoms with Gasteiger partial charge < -0.3 is 9.88 Å². The van der Waals surface area contributed by atoms with Crippen molar-refractivity contribution < 1.29 is 4.79 Å². The topological polar surface area (TPSA) is 59.8 Å². The van der Waals surface area contributed by atoms with Crippen LogP contribution in [-0.2, 0) is 4.79 Å². The van der Waals surface area contributed by atoms with Crippen LogP contribution in [0.3, 0.4) is 0 Å². The zero-order valence-electron chi connectivity index (χ0n) is 10.9. The Balaban J connectivity index is 2.11. The molecule has 20 heavy (non-hydrogen) atoms. The van der Waals surface area contributed by atoms with Gasteiger partial charge in [0.2, 0.25) is 5.91 Å². The predicted molar refractivity (Wildman–Crippen MR) is 80.8 cm³/mol. The Labute approximate surface area is 129 Å². The van der Waals surface area contributed by atoms with E-state index < -0.39 is 0 Å². The maximum absolute atomic E-state index is 11.3. The first-order chi connectivity index (χ1) is 9.56. The molecule has 2 atom stereocenters. The third kappa shape index (κ3) is 2.42. The molecule has 0 radical (unpaired) electrons. The summed E-state index contributed by atoms with van der Waals surface area (Å²) in [6, 6.07) is 2.09. The lowest BCUT2D eigenvalue weighted by molar-refractivity contribution is -0.122. The highest BCUT2D eigenvalue weighted by Gasteiger charge is 2.26. The van der Waals surface area contributed by atoms with Crippen molar-refractivity contribution in [1.29, 1.82) is 0 Å². The van der Waals surface area contributed by atoms with Crippen molar-refractivity contribution in [3.63, 3.8) is 0 Å². The highest BCUT2D eigenvalue weighted by atomic mass is 79.9. The summed E-state index contributed by atoms with van der Waals surface area (Å²) in [5.74, 6) is 0.898. The zero-order valence-corrected chi connectivity index (χ0v) is 13.3. The van der Waals surface area contributed by atoms with Gasteiger partial charge in [0, 0.05) is 23.6 Å². The van der Waals surface area contributed by atoms with Gasteiger partial charge in [0.25, 0.3) is 0 Å². The molecule has 2 aromatic rings. The van der Waals surface area contributed by atoms with Crippen LogP contribution in [0.1, 0.15) is 37.0 Å². The summed E-state index contributed by atoms with van der Waals surface area (Å²) in [6.45, 7) is 2.49. The van der Waals surface area contributed by atoms with Gasteiger partial charge in [-0.05, 0) is 35.3 Å². The first-order valence-corrected chi connectivity index (χ1v) is 7.73. The molecule has 1 amide bonds. The van der Waals surface area contributed by atoms with Crippen LogP contribution in [-0.4, -0.2) is 27.0 Å². The summed E-state index contributed by atoms with van der Waals surface area (Å²) >= 11 is 9.66. The number of carbonyl (C=O) groups is 1. The number of imidazole rings is 1. The third-order valence-electron chi connectivity index (χ3n) is 3.48. The molecule has 1 saturated heterocycles. The molecule has 3 rings (SSSR count).